The fourth-order valence-corrected chi connectivity index (χ4v) is 3.61. The van der Waals surface area contributed by atoms with E-state index < -0.39 is 0 Å². The average molecular weight is 395 g/mol. The van der Waals surface area contributed by atoms with E-state index in [9.17, 15) is 9.59 Å². The minimum Gasteiger partial charge on any atom is -0.454 e. The van der Waals surface area contributed by atoms with Gasteiger partial charge in [-0.2, -0.15) is 0 Å². The third-order valence-corrected chi connectivity index (χ3v) is 5.00. The number of amides is 2. The van der Waals surface area contributed by atoms with Gasteiger partial charge in [-0.25, -0.2) is 0 Å². The summed E-state index contributed by atoms with van der Waals surface area (Å²) in [6.07, 6.45) is 2.24. The molecule has 2 aliphatic heterocycles. The number of benzene rings is 2. The number of carbonyl (C=O) groups excluding carboxylic acids is 2. The van der Waals surface area contributed by atoms with E-state index in [1.165, 1.54) is 0 Å². The van der Waals surface area contributed by atoms with Crippen LogP contribution in [0.2, 0.25) is 0 Å². The van der Waals surface area contributed by atoms with E-state index in [1.54, 1.807) is 24.3 Å². The van der Waals surface area contributed by atoms with Gasteiger partial charge in [0.15, 0.2) is 11.5 Å². The molecule has 0 spiro atoms. The molecule has 2 aromatic carbocycles. The summed E-state index contributed by atoms with van der Waals surface area (Å²) in [6.45, 7) is 5.89. The molecule has 29 heavy (non-hydrogen) atoms. The molecule has 2 amide bonds. The molecule has 152 valence electrons. The van der Waals surface area contributed by atoms with Crippen LogP contribution in [0.5, 0.6) is 11.5 Å². The van der Waals surface area contributed by atoms with Crippen LogP contribution in [0.4, 0.5) is 11.4 Å². The van der Waals surface area contributed by atoms with Gasteiger partial charge in [0.2, 0.25) is 6.79 Å². The van der Waals surface area contributed by atoms with Crippen LogP contribution in [0, 0.1) is 0 Å². The molecule has 7 heteroatoms. The molecule has 7 nitrogen and oxygen atoms in total. The maximum atomic E-state index is 12.8. The van der Waals surface area contributed by atoms with Gasteiger partial charge < -0.3 is 25.0 Å². The highest BCUT2D eigenvalue weighted by atomic mass is 16.7. The summed E-state index contributed by atoms with van der Waals surface area (Å²) in [5, 5.41) is 5.84. The first kappa shape index (κ1) is 19.1. The van der Waals surface area contributed by atoms with Gasteiger partial charge in [0.05, 0.1) is 5.56 Å². The number of carbonyl (C=O) groups is 2. The lowest BCUT2D eigenvalue weighted by molar-refractivity contribution is 0.0942. The Kier molecular flexibility index (Phi) is 5.29. The Morgan fingerprint density at radius 3 is 2.48 bits per heavy atom. The first-order valence-corrected chi connectivity index (χ1v) is 9.92. The maximum absolute atomic E-state index is 12.8. The number of anilines is 2. The molecule has 2 heterocycles. The molecule has 2 N–H and O–H groups in total. The summed E-state index contributed by atoms with van der Waals surface area (Å²) in [4.78, 5) is 27.7. The second-order valence-corrected chi connectivity index (χ2v) is 7.58. The van der Waals surface area contributed by atoms with Crippen LogP contribution < -0.4 is 25.0 Å². The number of ether oxygens (including phenoxy) is 2. The second-order valence-electron chi connectivity index (χ2n) is 7.58. The molecule has 1 fully saturated rings. The molecule has 0 radical (unpaired) electrons. The van der Waals surface area contributed by atoms with Crippen LogP contribution >= 0.6 is 0 Å². The summed E-state index contributed by atoms with van der Waals surface area (Å²) < 4.78 is 10.6. The Bertz CT molecular complexity index is 936. The van der Waals surface area contributed by atoms with E-state index in [2.05, 4.69) is 15.5 Å². The summed E-state index contributed by atoms with van der Waals surface area (Å²) >= 11 is 0. The number of nitrogens with zero attached hydrogens (tertiary/aromatic N) is 1. The largest absolute Gasteiger partial charge is 0.454 e. The van der Waals surface area contributed by atoms with Gasteiger partial charge in [-0.05, 0) is 63.1 Å². The molecule has 4 rings (SSSR count). The van der Waals surface area contributed by atoms with Gasteiger partial charge in [-0.15, -0.1) is 0 Å². The van der Waals surface area contributed by atoms with Gasteiger partial charge in [0, 0.05) is 36.1 Å². The van der Waals surface area contributed by atoms with Gasteiger partial charge in [-0.1, -0.05) is 0 Å². The van der Waals surface area contributed by atoms with Crippen molar-refractivity contribution in [3.8, 4) is 11.5 Å². The minimum atomic E-state index is -0.271. The van der Waals surface area contributed by atoms with Crippen LogP contribution in [0.3, 0.4) is 0 Å². The lowest BCUT2D eigenvalue weighted by Gasteiger charge is -2.22. The van der Waals surface area contributed by atoms with Gasteiger partial charge >= 0.3 is 0 Å². The maximum Gasteiger partial charge on any atom is 0.255 e. The van der Waals surface area contributed by atoms with E-state index >= 15 is 0 Å². The molecule has 0 saturated carbocycles. The van der Waals surface area contributed by atoms with Gasteiger partial charge in [-0.3, -0.25) is 9.59 Å². The molecule has 0 aliphatic carbocycles. The average Bonchev–Trinajstić information content (AvgIpc) is 3.38. The third-order valence-electron chi connectivity index (χ3n) is 5.00. The normalized spacial score (nSPS) is 14.9. The highest BCUT2D eigenvalue weighted by Crippen LogP contribution is 2.33. The highest BCUT2D eigenvalue weighted by molar-refractivity contribution is 6.06. The van der Waals surface area contributed by atoms with Crippen LogP contribution in [0.15, 0.2) is 36.4 Å². The highest BCUT2D eigenvalue weighted by Gasteiger charge is 2.21. The van der Waals surface area contributed by atoms with Crippen LogP contribution in [-0.2, 0) is 0 Å². The smallest absolute Gasteiger partial charge is 0.255 e. The van der Waals surface area contributed by atoms with Crippen LogP contribution in [0.1, 0.15) is 47.4 Å². The van der Waals surface area contributed by atoms with E-state index in [0.29, 0.717) is 28.3 Å². The Labute approximate surface area is 170 Å². The molecule has 0 bridgehead atoms. The van der Waals surface area contributed by atoms with E-state index in [0.717, 1.165) is 31.6 Å². The van der Waals surface area contributed by atoms with E-state index in [-0.39, 0.29) is 24.6 Å². The Morgan fingerprint density at radius 1 is 0.966 bits per heavy atom. The molecule has 1 saturated heterocycles. The number of fused-ring (bicyclic) bond motifs is 1. The summed E-state index contributed by atoms with van der Waals surface area (Å²) in [5.74, 6) is 0.775. The van der Waals surface area contributed by atoms with Crippen molar-refractivity contribution in [1.29, 1.82) is 0 Å². The molecule has 2 aliphatic rings. The van der Waals surface area contributed by atoms with Gasteiger partial charge in [0.25, 0.3) is 11.8 Å². The summed E-state index contributed by atoms with van der Waals surface area (Å²) in [6, 6.07) is 10.6. The zero-order valence-electron chi connectivity index (χ0n) is 16.7. The van der Waals surface area contributed by atoms with E-state index in [4.69, 9.17) is 9.47 Å². The molecule has 0 atom stereocenters. The third kappa shape index (κ3) is 4.13. The fourth-order valence-electron chi connectivity index (χ4n) is 3.61. The summed E-state index contributed by atoms with van der Waals surface area (Å²) in [5.41, 5.74) is 2.52. The lowest BCUT2D eigenvalue weighted by Crippen LogP contribution is -2.32. The number of hydrogen-bond acceptors (Lipinski definition) is 5. The Morgan fingerprint density at radius 2 is 1.72 bits per heavy atom. The quantitative estimate of drug-likeness (QED) is 0.811. The van der Waals surface area contributed by atoms with Gasteiger partial charge in [0.1, 0.15) is 0 Å². The van der Waals surface area contributed by atoms with Crippen molar-refractivity contribution in [2.24, 2.45) is 0 Å². The van der Waals surface area contributed by atoms with Crippen molar-refractivity contribution < 1.29 is 19.1 Å². The van der Waals surface area contributed by atoms with Crippen molar-refractivity contribution >= 4 is 23.2 Å². The molecule has 2 aromatic rings. The fraction of sp³-hybridized carbons (Fsp3) is 0.364. The first-order valence-electron chi connectivity index (χ1n) is 9.92. The summed E-state index contributed by atoms with van der Waals surface area (Å²) in [7, 11) is 0. The number of hydrogen-bond donors (Lipinski definition) is 2. The molecular weight excluding hydrogens is 370 g/mol. The van der Waals surface area contributed by atoms with Crippen molar-refractivity contribution in [3.63, 3.8) is 0 Å². The zero-order valence-corrected chi connectivity index (χ0v) is 16.7. The Hall–Kier alpha value is -3.22. The number of rotatable bonds is 5. The molecule has 0 unspecified atom stereocenters. The number of nitrogens with one attached hydrogen (secondary N) is 2. The SMILES string of the molecule is CC(C)NC(=O)c1cc(NC(=O)c2ccc3c(c2)OCO3)ccc1N1CCCC1. The lowest BCUT2D eigenvalue weighted by atomic mass is 10.1. The monoisotopic (exact) mass is 395 g/mol. The van der Waals surface area contributed by atoms with Crippen molar-refractivity contribution in [3.05, 3.63) is 47.5 Å². The van der Waals surface area contributed by atoms with Crippen molar-refractivity contribution in [1.82, 2.24) is 5.32 Å². The van der Waals surface area contributed by atoms with Crippen molar-refractivity contribution in [2.75, 3.05) is 30.1 Å². The topological polar surface area (TPSA) is 79.9 Å². The second kappa shape index (κ2) is 8.03. The predicted octanol–water partition coefficient (Wildman–Crippen LogP) is 3.41. The zero-order chi connectivity index (χ0) is 20.4. The molecule has 0 aromatic heterocycles. The Balaban J connectivity index is 1.58. The van der Waals surface area contributed by atoms with Crippen LogP contribution in [-0.4, -0.2) is 37.7 Å². The van der Waals surface area contributed by atoms with Crippen LogP contribution in [0.25, 0.3) is 0 Å². The predicted molar refractivity (Wildman–Crippen MR) is 111 cm³/mol. The molecular formula is C22H25N3O4. The van der Waals surface area contributed by atoms with Crippen molar-refractivity contribution in [2.45, 2.75) is 32.7 Å². The first-order chi connectivity index (χ1) is 14.0. The minimum absolute atomic E-state index is 0.0285. The van der Waals surface area contributed by atoms with E-state index in [1.807, 2.05) is 26.0 Å². The standard InChI is InChI=1S/C22H25N3O4/c1-14(2)23-22(27)17-12-16(6-7-18(17)25-9-3-4-10-25)24-21(26)15-5-8-19-20(11-15)29-13-28-19/h5-8,11-12,14H,3-4,9-10,13H2,1-2H3,(H,23,27)(H,24,26).